The third-order valence-electron chi connectivity index (χ3n) is 3.75. The molecule has 3 heteroatoms. The van der Waals surface area contributed by atoms with Crippen LogP contribution in [0.25, 0.3) is 0 Å². The van der Waals surface area contributed by atoms with Gasteiger partial charge in [-0.15, -0.1) is 0 Å². The normalized spacial score (nSPS) is 34.8. The molecule has 88 valence electrons. The second kappa shape index (κ2) is 5.83. The molecule has 0 aromatic carbocycles. The first kappa shape index (κ1) is 12.1. The minimum Gasteiger partial charge on any atom is -0.327 e. The fourth-order valence-electron chi connectivity index (χ4n) is 2.58. The van der Waals surface area contributed by atoms with Gasteiger partial charge >= 0.3 is 0 Å². The fourth-order valence-corrected chi connectivity index (χ4v) is 5.79. The third kappa shape index (κ3) is 3.07. The number of nitrogens with two attached hydrogens (primary N) is 1. The Balaban J connectivity index is 1.82. The van der Waals surface area contributed by atoms with Crippen molar-refractivity contribution in [3.63, 3.8) is 0 Å². The van der Waals surface area contributed by atoms with Crippen LogP contribution in [-0.2, 0) is 0 Å². The molecule has 1 aliphatic carbocycles. The Morgan fingerprint density at radius 1 is 1.27 bits per heavy atom. The van der Waals surface area contributed by atoms with Crippen molar-refractivity contribution in [2.24, 2.45) is 11.7 Å². The number of hydrogen-bond acceptors (Lipinski definition) is 3. The zero-order valence-corrected chi connectivity index (χ0v) is 11.3. The maximum absolute atomic E-state index is 6.39. The highest BCUT2D eigenvalue weighted by molar-refractivity contribution is 8.07. The Morgan fingerprint density at radius 3 is 2.60 bits per heavy atom. The summed E-state index contributed by atoms with van der Waals surface area (Å²) in [5, 5.41) is 1.55. The molecule has 0 spiro atoms. The highest BCUT2D eigenvalue weighted by Gasteiger charge is 2.32. The lowest BCUT2D eigenvalue weighted by molar-refractivity contribution is 0.273. The molecule has 0 aromatic rings. The van der Waals surface area contributed by atoms with Gasteiger partial charge in [0.2, 0.25) is 0 Å². The predicted octanol–water partition coefficient (Wildman–Crippen LogP) is 3.13. The SMILES string of the molecule is CCC1SCCSC1C(N)CC1CCC1. The van der Waals surface area contributed by atoms with Crippen molar-refractivity contribution >= 4 is 23.5 Å². The van der Waals surface area contributed by atoms with Crippen molar-refractivity contribution in [1.82, 2.24) is 0 Å². The van der Waals surface area contributed by atoms with Crippen molar-refractivity contribution < 1.29 is 0 Å². The van der Waals surface area contributed by atoms with E-state index in [4.69, 9.17) is 5.73 Å². The molecule has 0 radical (unpaired) electrons. The van der Waals surface area contributed by atoms with Gasteiger partial charge in [0.05, 0.1) is 0 Å². The molecular weight excluding hydrogens is 222 g/mol. The Labute approximate surface area is 102 Å². The summed E-state index contributed by atoms with van der Waals surface area (Å²) < 4.78 is 0. The minimum atomic E-state index is 0.457. The number of hydrogen-bond donors (Lipinski definition) is 1. The Kier molecular flexibility index (Phi) is 4.71. The van der Waals surface area contributed by atoms with Crippen LogP contribution in [0, 0.1) is 5.92 Å². The van der Waals surface area contributed by atoms with Gasteiger partial charge < -0.3 is 5.73 Å². The lowest BCUT2D eigenvalue weighted by Crippen LogP contribution is -2.43. The average Bonchev–Trinajstić information content (AvgIpc) is 2.23. The molecule has 1 saturated carbocycles. The summed E-state index contributed by atoms with van der Waals surface area (Å²) >= 11 is 4.29. The molecule has 0 bridgehead atoms. The minimum absolute atomic E-state index is 0.457. The molecule has 3 atom stereocenters. The van der Waals surface area contributed by atoms with E-state index in [-0.39, 0.29) is 0 Å². The van der Waals surface area contributed by atoms with Crippen molar-refractivity contribution in [2.75, 3.05) is 11.5 Å². The lowest BCUT2D eigenvalue weighted by Gasteiger charge is -2.37. The van der Waals surface area contributed by atoms with Crippen LogP contribution < -0.4 is 5.73 Å². The summed E-state index contributed by atoms with van der Waals surface area (Å²) in [6.45, 7) is 2.31. The van der Waals surface area contributed by atoms with Gasteiger partial charge in [0, 0.05) is 28.0 Å². The summed E-state index contributed by atoms with van der Waals surface area (Å²) in [5.41, 5.74) is 6.39. The molecule has 1 nitrogen and oxygen atoms in total. The summed E-state index contributed by atoms with van der Waals surface area (Å²) in [6.07, 6.45) is 6.90. The van der Waals surface area contributed by atoms with Crippen LogP contribution in [0.15, 0.2) is 0 Å². The van der Waals surface area contributed by atoms with E-state index in [1.54, 1.807) is 0 Å². The summed E-state index contributed by atoms with van der Waals surface area (Å²) in [4.78, 5) is 0. The Hall–Kier alpha value is 0.660. The van der Waals surface area contributed by atoms with Crippen LogP contribution in [-0.4, -0.2) is 28.0 Å². The van der Waals surface area contributed by atoms with E-state index in [0.717, 1.165) is 16.4 Å². The Bertz CT molecular complexity index is 194. The topological polar surface area (TPSA) is 26.0 Å². The third-order valence-corrected chi connectivity index (χ3v) is 7.17. The number of thioether (sulfide) groups is 2. The van der Waals surface area contributed by atoms with E-state index in [2.05, 4.69) is 30.4 Å². The van der Waals surface area contributed by atoms with Crippen LogP contribution in [0.5, 0.6) is 0 Å². The molecular formula is C12H23NS2. The van der Waals surface area contributed by atoms with E-state index < -0.39 is 0 Å². The van der Waals surface area contributed by atoms with Crippen molar-refractivity contribution in [1.29, 1.82) is 0 Å². The van der Waals surface area contributed by atoms with Gasteiger partial charge in [-0.25, -0.2) is 0 Å². The first-order valence-electron chi connectivity index (χ1n) is 6.30. The second-order valence-electron chi connectivity index (χ2n) is 4.85. The zero-order chi connectivity index (χ0) is 10.7. The molecule has 2 aliphatic rings. The molecule has 15 heavy (non-hydrogen) atoms. The molecule has 2 rings (SSSR count). The van der Waals surface area contributed by atoms with E-state index in [1.165, 1.54) is 43.6 Å². The van der Waals surface area contributed by atoms with Gasteiger partial charge in [0.1, 0.15) is 0 Å². The fraction of sp³-hybridized carbons (Fsp3) is 1.00. The molecule has 0 amide bonds. The van der Waals surface area contributed by atoms with E-state index >= 15 is 0 Å². The van der Waals surface area contributed by atoms with Crippen LogP contribution in [0.3, 0.4) is 0 Å². The second-order valence-corrected chi connectivity index (χ2v) is 7.48. The van der Waals surface area contributed by atoms with E-state index in [0.29, 0.717) is 6.04 Å². The first-order chi connectivity index (χ1) is 7.31. The van der Waals surface area contributed by atoms with Crippen molar-refractivity contribution in [3.8, 4) is 0 Å². The van der Waals surface area contributed by atoms with Gasteiger partial charge in [-0.05, 0) is 18.8 Å². The molecule has 1 saturated heterocycles. The zero-order valence-electron chi connectivity index (χ0n) is 9.65. The molecule has 2 N–H and O–H groups in total. The molecule has 3 unspecified atom stereocenters. The summed E-state index contributed by atoms with van der Waals surface area (Å²) in [5.74, 6) is 3.60. The van der Waals surface area contributed by atoms with Crippen molar-refractivity contribution in [2.45, 2.75) is 55.6 Å². The summed E-state index contributed by atoms with van der Waals surface area (Å²) in [7, 11) is 0. The smallest absolute Gasteiger partial charge is 0.0318 e. The average molecular weight is 245 g/mol. The van der Waals surface area contributed by atoms with Crippen molar-refractivity contribution in [3.05, 3.63) is 0 Å². The maximum Gasteiger partial charge on any atom is 0.0318 e. The van der Waals surface area contributed by atoms with Gasteiger partial charge in [0.25, 0.3) is 0 Å². The molecule has 1 aliphatic heterocycles. The van der Waals surface area contributed by atoms with Gasteiger partial charge in [0.15, 0.2) is 0 Å². The van der Waals surface area contributed by atoms with E-state index in [9.17, 15) is 0 Å². The van der Waals surface area contributed by atoms with Gasteiger partial charge in [-0.1, -0.05) is 26.2 Å². The standard InChI is InChI=1S/C12H23NS2/c1-2-11-12(15-7-6-14-11)10(13)8-9-4-3-5-9/h9-12H,2-8,13H2,1H3. The quantitative estimate of drug-likeness (QED) is 0.824. The lowest BCUT2D eigenvalue weighted by atomic mass is 9.80. The van der Waals surface area contributed by atoms with Gasteiger partial charge in [-0.3, -0.25) is 0 Å². The van der Waals surface area contributed by atoms with Crippen LogP contribution in [0.1, 0.15) is 39.0 Å². The van der Waals surface area contributed by atoms with Gasteiger partial charge in [-0.2, -0.15) is 23.5 Å². The maximum atomic E-state index is 6.39. The van der Waals surface area contributed by atoms with Crippen LogP contribution in [0.4, 0.5) is 0 Å². The Morgan fingerprint density at radius 2 is 2.00 bits per heavy atom. The molecule has 2 fully saturated rings. The van der Waals surface area contributed by atoms with Crippen LogP contribution in [0.2, 0.25) is 0 Å². The van der Waals surface area contributed by atoms with E-state index in [1.807, 2.05) is 0 Å². The molecule has 0 aromatic heterocycles. The van der Waals surface area contributed by atoms with Crippen LogP contribution >= 0.6 is 23.5 Å². The predicted molar refractivity (Wildman–Crippen MR) is 72.7 cm³/mol. The molecule has 1 heterocycles. The number of rotatable bonds is 4. The summed E-state index contributed by atoms with van der Waals surface area (Å²) in [6, 6.07) is 0.457. The monoisotopic (exact) mass is 245 g/mol. The largest absolute Gasteiger partial charge is 0.327 e. The highest BCUT2D eigenvalue weighted by Crippen LogP contribution is 2.38. The first-order valence-corrected chi connectivity index (χ1v) is 8.39. The highest BCUT2D eigenvalue weighted by atomic mass is 32.2.